The smallest absolute Gasteiger partial charge is 0.369 e. The van der Waals surface area contributed by atoms with Gasteiger partial charge in [-0.3, -0.25) is 4.68 Å². The van der Waals surface area contributed by atoms with E-state index in [9.17, 15) is 8.78 Å². The minimum atomic E-state index is -3.54. The normalized spacial score (nSPS) is 13.8. The molecule has 13 heteroatoms. The molecule has 4 aromatic rings. The molecular formula is C31H32F4N8P+. The molecule has 1 aliphatic rings. The van der Waals surface area contributed by atoms with Crippen molar-refractivity contribution in [2.75, 3.05) is 33.9 Å². The van der Waals surface area contributed by atoms with Gasteiger partial charge in [-0.15, -0.1) is 0 Å². The Balaban J connectivity index is 1.60. The lowest BCUT2D eigenvalue weighted by atomic mass is 10.1. The van der Waals surface area contributed by atoms with Crippen molar-refractivity contribution in [3.63, 3.8) is 0 Å². The third kappa shape index (κ3) is 6.75. The maximum absolute atomic E-state index is 15.8. The number of aryl methyl sites for hydroxylation is 1. The van der Waals surface area contributed by atoms with Crippen LogP contribution in [0.4, 0.5) is 52.1 Å². The van der Waals surface area contributed by atoms with Crippen LogP contribution < -0.4 is 20.9 Å². The molecule has 5 rings (SSSR count). The van der Waals surface area contributed by atoms with Crippen LogP contribution in [-0.2, 0) is 12.7 Å². The Morgan fingerprint density at radius 2 is 1.82 bits per heavy atom. The van der Waals surface area contributed by atoms with Gasteiger partial charge < -0.3 is 20.9 Å². The Hall–Kier alpha value is -4.70. The van der Waals surface area contributed by atoms with E-state index in [1.165, 1.54) is 24.4 Å². The van der Waals surface area contributed by atoms with E-state index in [1.807, 2.05) is 4.90 Å². The molecular weight excluding hydrogens is 591 g/mol. The van der Waals surface area contributed by atoms with Gasteiger partial charge in [0.15, 0.2) is 0 Å². The molecule has 0 radical (unpaired) electrons. The van der Waals surface area contributed by atoms with E-state index in [4.69, 9.17) is 0 Å². The third-order valence-electron chi connectivity index (χ3n) is 7.08. The lowest BCUT2D eigenvalue weighted by molar-refractivity contribution is 0.110. The molecule has 4 heterocycles. The first kappa shape index (κ1) is 30.7. The number of hydrogen-bond donors (Lipinski definition) is 3. The van der Waals surface area contributed by atoms with Crippen LogP contribution >= 0.6 is 7.53 Å². The Morgan fingerprint density at radius 3 is 2.48 bits per heavy atom. The number of aromatic nitrogens is 4. The topological polar surface area (TPSA) is 82.9 Å². The zero-order valence-electron chi connectivity index (χ0n) is 24.1. The second-order valence-corrected chi connectivity index (χ2v) is 12.3. The maximum Gasteiger partial charge on any atom is 0.429 e. The first-order chi connectivity index (χ1) is 21.1. The van der Waals surface area contributed by atoms with Crippen molar-refractivity contribution in [1.29, 1.82) is 0 Å². The van der Waals surface area contributed by atoms with Crippen LogP contribution in [0.15, 0.2) is 86.2 Å². The van der Waals surface area contributed by atoms with Crippen molar-refractivity contribution in [1.82, 2.24) is 19.7 Å². The van der Waals surface area contributed by atoms with E-state index in [0.717, 1.165) is 38.2 Å². The van der Waals surface area contributed by atoms with Gasteiger partial charge in [0, 0.05) is 49.9 Å². The number of rotatable bonds is 11. The summed E-state index contributed by atoms with van der Waals surface area (Å²) in [7, 11) is -1.03. The number of benzene rings is 1. The molecule has 1 aliphatic heterocycles. The largest absolute Gasteiger partial charge is 0.429 e. The van der Waals surface area contributed by atoms with Crippen molar-refractivity contribution in [3.8, 4) is 11.1 Å². The van der Waals surface area contributed by atoms with E-state index in [1.54, 1.807) is 36.3 Å². The average molecular weight is 624 g/mol. The molecule has 228 valence electrons. The van der Waals surface area contributed by atoms with Crippen molar-refractivity contribution >= 4 is 42.0 Å². The van der Waals surface area contributed by atoms with Gasteiger partial charge in [-0.1, -0.05) is 25.8 Å². The number of piperidine rings is 1. The molecule has 0 aliphatic carbocycles. The highest BCUT2D eigenvalue weighted by Gasteiger charge is 2.45. The first-order valence-corrected chi connectivity index (χ1v) is 15.3. The number of hydrogen-bond acceptors (Lipinski definition) is 7. The predicted octanol–water partition coefficient (Wildman–Crippen LogP) is 8.75. The third-order valence-corrected chi connectivity index (χ3v) is 9.10. The number of allylic oxidation sites excluding steroid dienone is 2. The summed E-state index contributed by atoms with van der Waals surface area (Å²) in [5.74, 6) is 0.892. The summed E-state index contributed by atoms with van der Waals surface area (Å²) in [6, 6.07) is 6.14. The summed E-state index contributed by atoms with van der Waals surface area (Å²) in [6.45, 7) is 12.1. The number of halogens is 4. The van der Waals surface area contributed by atoms with Crippen molar-refractivity contribution < 1.29 is 17.6 Å². The van der Waals surface area contributed by atoms with Crippen molar-refractivity contribution in [3.05, 3.63) is 97.6 Å². The van der Waals surface area contributed by atoms with Gasteiger partial charge in [0.05, 0.1) is 23.3 Å². The molecule has 0 spiro atoms. The van der Waals surface area contributed by atoms with E-state index in [0.29, 0.717) is 34.3 Å². The van der Waals surface area contributed by atoms with Gasteiger partial charge in [0.25, 0.3) is 0 Å². The molecule has 44 heavy (non-hydrogen) atoms. The standard InChI is InChI=1S/C31H32F4N8P/c1-5-20(3)38-22-15-26(28(33)44(19-22)31(34,35)6-2)40-29-24(17-36-30(41-29)39-23-16-37-42(4)18-23)21-10-11-27(25(32)14-21)43-12-8-7-9-13-43/h5-6,10-11,14-19,38H,1-3,7-9,12-13H2,4H3,(H2,36,39,40,41)/q+1. The molecule has 1 atom stereocenters. The number of alkyl halides is 2. The van der Waals surface area contributed by atoms with Crippen LogP contribution in [0.3, 0.4) is 0 Å². The Morgan fingerprint density at radius 1 is 1.05 bits per heavy atom. The molecule has 3 aromatic heterocycles. The fourth-order valence-corrected chi connectivity index (χ4v) is 6.38. The van der Waals surface area contributed by atoms with Crippen LogP contribution in [0, 0.1) is 11.4 Å². The Kier molecular flexibility index (Phi) is 9.01. The SMILES string of the molecule is C=CC(=C)Nc1cc(Nc2nc(Nc3cnn(C)c3)ncc2-c2ccc(N3CCCCC3)c(F)c2)c(F)[p+](C(F)(F)C=C)c1. The second kappa shape index (κ2) is 12.9. The van der Waals surface area contributed by atoms with Crippen LogP contribution in [0.5, 0.6) is 0 Å². The van der Waals surface area contributed by atoms with Gasteiger partial charge in [-0.25, -0.2) is 9.37 Å². The van der Waals surface area contributed by atoms with Gasteiger partial charge in [0.2, 0.25) is 13.5 Å². The molecule has 1 fully saturated rings. The molecule has 8 nitrogen and oxygen atoms in total. The lowest BCUT2D eigenvalue weighted by Crippen LogP contribution is -2.30. The molecule has 3 N–H and O–H groups in total. The highest BCUT2D eigenvalue weighted by molar-refractivity contribution is 7.50. The highest BCUT2D eigenvalue weighted by atomic mass is 31.1. The monoisotopic (exact) mass is 623 g/mol. The van der Waals surface area contributed by atoms with Gasteiger partial charge >= 0.3 is 11.2 Å². The summed E-state index contributed by atoms with van der Waals surface area (Å²) in [4.78, 5) is 10.9. The van der Waals surface area contributed by atoms with Crippen LogP contribution in [0.25, 0.3) is 11.1 Å². The van der Waals surface area contributed by atoms with Gasteiger partial charge in [0.1, 0.15) is 23.1 Å². The van der Waals surface area contributed by atoms with Crippen LogP contribution in [-0.4, -0.2) is 32.8 Å². The summed E-state index contributed by atoms with van der Waals surface area (Å²) in [5.41, 5.74) is -2.51. The lowest BCUT2D eigenvalue weighted by Gasteiger charge is -2.29. The number of nitrogens with zero attached hydrogens (tertiary/aromatic N) is 5. The van der Waals surface area contributed by atoms with Crippen molar-refractivity contribution in [2.45, 2.75) is 24.9 Å². The van der Waals surface area contributed by atoms with Crippen LogP contribution in [0.1, 0.15) is 19.3 Å². The maximum atomic E-state index is 15.8. The summed E-state index contributed by atoms with van der Waals surface area (Å²) < 4.78 is 62.6. The molecule has 1 saturated heterocycles. The van der Waals surface area contributed by atoms with Crippen LogP contribution in [0.2, 0.25) is 0 Å². The molecule has 0 amide bonds. The average Bonchev–Trinajstić information content (AvgIpc) is 3.43. The quantitative estimate of drug-likeness (QED) is 0.0876. The molecule has 1 aromatic carbocycles. The Bertz CT molecular complexity index is 1710. The zero-order valence-corrected chi connectivity index (χ0v) is 25.0. The van der Waals surface area contributed by atoms with Gasteiger partial charge in [-0.2, -0.15) is 23.3 Å². The Labute approximate surface area is 253 Å². The second-order valence-electron chi connectivity index (χ2n) is 10.3. The zero-order chi connectivity index (χ0) is 31.4. The fraction of sp³-hybridized carbons (Fsp3) is 0.226. The molecule has 0 bridgehead atoms. The van der Waals surface area contributed by atoms with E-state index in [-0.39, 0.29) is 23.1 Å². The van der Waals surface area contributed by atoms with E-state index < -0.39 is 24.6 Å². The first-order valence-electron chi connectivity index (χ1n) is 13.9. The minimum absolute atomic E-state index is 0.0681. The number of anilines is 6. The van der Waals surface area contributed by atoms with E-state index >= 15 is 8.78 Å². The highest BCUT2D eigenvalue weighted by Crippen LogP contribution is 2.54. The van der Waals surface area contributed by atoms with Gasteiger partial charge in [-0.05, 0) is 49.1 Å². The molecule has 1 unspecified atom stereocenters. The minimum Gasteiger partial charge on any atom is -0.369 e. The van der Waals surface area contributed by atoms with E-state index in [2.05, 4.69) is 50.8 Å². The van der Waals surface area contributed by atoms with Crippen molar-refractivity contribution in [2.24, 2.45) is 7.05 Å². The predicted molar refractivity (Wildman–Crippen MR) is 170 cm³/mol. The fourth-order valence-electron chi connectivity index (χ4n) is 4.84. The summed E-state index contributed by atoms with van der Waals surface area (Å²) in [6.07, 6.45) is 9.66. The number of nitrogens with one attached hydrogen (secondary N) is 3. The summed E-state index contributed by atoms with van der Waals surface area (Å²) >= 11 is 0. The molecule has 0 saturated carbocycles. The summed E-state index contributed by atoms with van der Waals surface area (Å²) in [5, 5.41) is 12.9.